The molecule has 0 atom stereocenters. The van der Waals surface area contributed by atoms with Crippen LogP contribution in [0.3, 0.4) is 0 Å². The SMILES string of the molecule is COc1c(C)cnc(CCl)c1C.Cc1c[nH]c(CCl)c(C)c1=O.Cc1cnc(CCl)c(C)c1Br.Cl. The first-order chi connectivity index (χ1) is 16.0. The monoisotopic (exact) mass is 625 g/mol. The molecule has 0 amide bonds. The molecule has 194 valence electrons. The number of aryl methyl sites for hydroxylation is 3. The van der Waals surface area contributed by atoms with Crippen molar-refractivity contribution < 1.29 is 4.74 Å². The number of ether oxygens (including phenoxy) is 1. The summed E-state index contributed by atoms with van der Waals surface area (Å²) in [6.45, 7) is 11.5. The number of alkyl halides is 3. The summed E-state index contributed by atoms with van der Waals surface area (Å²) < 4.78 is 6.33. The Morgan fingerprint density at radius 1 is 0.829 bits per heavy atom. The van der Waals surface area contributed by atoms with Crippen molar-refractivity contribution in [3.63, 3.8) is 0 Å². The Hall–Kier alpha value is -1.31. The number of hydrogen-bond acceptors (Lipinski definition) is 4. The van der Waals surface area contributed by atoms with Crippen molar-refractivity contribution >= 4 is 63.1 Å². The van der Waals surface area contributed by atoms with E-state index in [0.29, 0.717) is 17.6 Å². The predicted octanol–water partition coefficient (Wildman–Crippen LogP) is 7.80. The average Bonchev–Trinajstić information content (AvgIpc) is 2.83. The number of nitrogens with one attached hydrogen (secondary N) is 1. The molecule has 0 aliphatic carbocycles. The Morgan fingerprint density at radius 2 is 1.34 bits per heavy atom. The average molecular weight is 628 g/mol. The molecule has 0 saturated carbocycles. The normalized spacial score (nSPS) is 9.80. The second kappa shape index (κ2) is 16.4. The molecule has 0 aromatic carbocycles. The zero-order chi connectivity index (χ0) is 26.0. The van der Waals surface area contributed by atoms with Crippen molar-refractivity contribution in [2.45, 2.75) is 59.2 Å². The lowest BCUT2D eigenvalue weighted by Gasteiger charge is -2.09. The Balaban J connectivity index is 0.000000489. The third-order valence-corrected chi connectivity index (χ3v) is 7.27. The van der Waals surface area contributed by atoms with Gasteiger partial charge in [-0.1, -0.05) is 15.9 Å². The maximum Gasteiger partial charge on any atom is 0.187 e. The van der Waals surface area contributed by atoms with E-state index in [2.05, 4.69) is 30.9 Å². The Bertz CT molecular complexity index is 1170. The highest BCUT2D eigenvalue weighted by Gasteiger charge is 2.07. The molecule has 0 unspecified atom stereocenters. The minimum Gasteiger partial charge on any atom is -0.496 e. The maximum atomic E-state index is 11.3. The van der Waals surface area contributed by atoms with Crippen LogP contribution in [0.4, 0.5) is 0 Å². The van der Waals surface area contributed by atoms with Crippen molar-refractivity contribution in [3.05, 3.63) is 83.7 Å². The number of hydrogen-bond donors (Lipinski definition) is 1. The highest BCUT2D eigenvalue weighted by atomic mass is 79.9. The van der Waals surface area contributed by atoms with Gasteiger partial charge in [0.25, 0.3) is 0 Å². The van der Waals surface area contributed by atoms with Gasteiger partial charge in [0, 0.05) is 51.0 Å². The summed E-state index contributed by atoms with van der Waals surface area (Å²) in [6, 6.07) is 0. The third-order valence-electron chi connectivity index (χ3n) is 5.27. The standard InChI is InChI=1S/C9H12ClNO.C8H9BrClN.C8H10ClNO.ClH/c1-6-5-11-8(4-10)7(2)9(6)12-3;1-5-4-11-7(3-10)6(2)8(5)9;1-5-4-10-7(3-9)6(2)8(5)11;/h5H,4H2,1-3H3;4H,3H2,1-2H3;4H,3H2,1-2H3,(H,10,11);1H. The summed E-state index contributed by atoms with van der Waals surface area (Å²) in [5.74, 6) is 2.16. The number of methoxy groups -OCH3 is 1. The van der Waals surface area contributed by atoms with Crippen LogP contribution in [-0.2, 0) is 17.6 Å². The molecule has 0 aliphatic heterocycles. The molecule has 3 rings (SSSR count). The van der Waals surface area contributed by atoms with E-state index >= 15 is 0 Å². The Morgan fingerprint density at radius 3 is 1.83 bits per heavy atom. The van der Waals surface area contributed by atoms with Crippen LogP contribution in [0.5, 0.6) is 5.75 Å². The highest BCUT2D eigenvalue weighted by molar-refractivity contribution is 9.10. The maximum absolute atomic E-state index is 11.3. The van der Waals surface area contributed by atoms with Crippen LogP contribution in [0.25, 0.3) is 0 Å². The van der Waals surface area contributed by atoms with E-state index in [-0.39, 0.29) is 17.8 Å². The van der Waals surface area contributed by atoms with Gasteiger partial charge in [-0.05, 0) is 52.7 Å². The molecule has 0 fully saturated rings. The van der Waals surface area contributed by atoms with Gasteiger partial charge in [-0.2, -0.15) is 0 Å². The molecule has 3 heterocycles. The summed E-state index contributed by atoms with van der Waals surface area (Å²) in [4.78, 5) is 22.6. The number of aromatic nitrogens is 3. The second-order valence-electron chi connectivity index (χ2n) is 7.68. The zero-order valence-electron chi connectivity index (χ0n) is 21.0. The number of rotatable bonds is 4. The molecule has 1 N–H and O–H groups in total. The smallest absolute Gasteiger partial charge is 0.187 e. The Kier molecular flexibility index (Phi) is 15.8. The predicted molar refractivity (Wildman–Crippen MR) is 154 cm³/mol. The number of nitrogens with zero attached hydrogens (tertiary/aromatic N) is 2. The summed E-state index contributed by atoms with van der Waals surface area (Å²) >= 11 is 20.4. The largest absolute Gasteiger partial charge is 0.496 e. The molecular weight excluding hydrogens is 596 g/mol. The van der Waals surface area contributed by atoms with Gasteiger partial charge in [-0.3, -0.25) is 14.8 Å². The van der Waals surface area contributed by atoms with Crippen molar-refractivity contribution in [3.8, 4) is 5.75 Å². The minimum absolute atomic E-state index is 0. The molecule has 0 bridgehead atoms. The van der Waals surface area contributed by atoms with Gasteiger partial charge >= 0.3 is 0 Å². The lowest BCUT2D eigenvalue weighted by Crippen LogP contribution is -2.12. The van der Waals surface area contributed by atoms with Crippen molar-refractivity contribution in [2.75, 3.05) is 7.11 Å². The van der Waals surface area contributed by atoms with E-state index in [9.17, 15) is 4.79 Å². The minimum atomic E-state index is 0. The van der Waals surface area contributed by atoms with Gasteiger partial charge < -0.3 is 9.72 Å². The third kappa shape index (κ3) is 9.25. The first-order valence-corrected chi connectivity index (χ1v) is 12.9. The number of H-pyrrole nitrogens is 1. The van der Waals surface area contributed by atoms with Crippen molar-refractivity contribution in [1.82, 2.24) is 15.0 Å². The fraction of sp³-hybridized carbons (Fsp3) is 0.400. The summed E-state index contributed by atoms with van der Waals surface area (Å²) in [6.07, 6.45) is 5.30. The summed E-state index contributed by atoms with van der Waals surface area (Å²) in [5, 5.41) is 0. The van der Waals surface area contributed by atoms with Gasteiger partial charge in [-0.15, -0.1) is 47.2 Å². The fourth-order valence-corrected chi connectivity index (χ4v) is 4.18. The zero-order valence-corrected chi connectivity index (χ0v) is 25.7. The molecule has 10 heteroatoms. The first-order valence-electron chi connectivity index (χ1n) is 10.5. The molecule has 0 saturated heterocycles. The molecule has 3 aromatic rings. The van der Waals surface area contributed by atoms with E-state index in [1.54, 1.807) is 33.4 Å². The van der Waals surface area contributed by atoms with E-state index in [1.165, 1.54) is 0 Å². The van der Waals surface area contributed by atoms with E-state index < -0.39 is 0 Å². The molecule has 3 aromatic heterocycles. The molecule has 0 aliphatic rings. The van der Waals surface area contributed by atoms with Gasteiger partial charge in [-0.25, -0.2) is 0 Å². The van der Waals surface area contributed by atoms with Crippen LogP contribution in [0.2, 0.25) is 0 Å². The number of halogens is 5. The van der Waals surface area contributed by atoms with Gasteiger partial charge in [0.05, 0.1) is 36.1 Å². The van der Waals surface area contributed by atoms with Gasteiger partial charge in [0.2, 0.25) is 0 Å². The highest BCUT2D eigenvalue weighted by Crippen LogP contribution is 2.24. The van der Waals surface area contributed by atoms with Crippen LogP contribution in [0.15, 0.2) is 27.9 Å². The number of pyridine rings is 3. The van der Waals surface area contributed by atoms with Crippen LogP contribution in [0.1, 0.15) is 50.5 Å². The molecule has 5 nitrogen and oxygen atoms in total. The van der Waals surface area contributed by atoms with E-state index in [1.807, 2.05) is 33.9 Å². The molecule has 35 heavy (non-hydrogen) atoms. The van der Waals surface area contributed by atoms with Gasteiger partial charge in [0.15, 0.2) is 5.43 Å². The Labute approximate surface area is 237 Å². The molecular formula is C25H32BrCl4N3O2. The fourth-order valence-electron chi connectivity index (χ4n) is 3.03. The van der Waals surface area contributed by atoms with Crippen molar-refractivity contribution in [2.24, 2.45) is 0 Å². The van der Waals surface area contributed by atoms with Crippen LogP contribution in [-0.4, -0.2) is 22.1 Å². The van der Waals surface area contributed by atoms with Gasteiger partial charge in [0.1, 0.15) is 5.75 Å². The quantitative estimate of drug-likeness (QED) is 0.300. The van der Waals surface area contributed by atoms with Crippen LogP contribution >= 0.6 is 63.1 Å². The summed E-state index contributed by atoms with van der Waals surface area (Å²) in [7, 11) is 1.66. The lowest BCUT2D eigenvalue weighted by molar-refractivity contribution is 0.407. The number of aromatic amines is 1. The second-order valence-corrected chi connectivity index (χ2v) is 9.27. The van der Waals surface area contributed by atoms with E-state index in [4.69, 9.17) is 39.5 Å². The first kappa shape index (κ1) is 33.7. The molecule has 0 spiro atoms. The molecule has 0 radical (unpaired) electrons. The van der Waals surface area contributed by atoms with Crippen LogP contribution in [0, 0.1) is 41.5 Å². The topological polar surface area (TPSA) is 67.9 Å². The van der Waals surface area contributed by atoms with Crippen LogP contribution < -0.4 is 10.2 Å². The van der Waals surface area contributed by atoms with Crippen molar-refractivity contribution in [1.29, 1.82) is 0 Å². The van der Waals surface area contributed by atoms with E-state index in [0.717, 1.165) is 60.7 Å². The summed E-state index contributed by atoms with van der Waals surface area (Å²) in [5.41, 5.74) is 8.55. The lowest BCUT2D eigenvalue weighted by atomic mass is 10.1.